The molecule has 2 heterocycles. The van der Waals surface area contributed by atoms with Crippen LogP contribution in [0.5, 0.6) is 0 Å². The second kappa shape index (κ2) is 9.51. The maximum Gasteiger partial charge on any atom is 0.108 e. The molecule has 2 aliphatic rings. The number of nitrogens with one attached hydrogen (secondary N) is 1. The number of hydrogen-bond acceptors (Lipinski definition) is 2. The molecule has 0 aromatic carbocycles. The molecule has 23 heavy (non-hydrogen) atoms. The fraction of sp³-hybridized carbons (Fsp3) is 0.550. The minimum Gasteiger partial charge on any atom is -0.331 e. The van der Waals surface area contributed by atoms with Gasteiger partial charge in [0.2, 0.25) is 0 Å². The van der Waals surface area contributed by atoms with Gasteiger partial charge in [0.15, 0.2) is 0 Å². The maximum atomic E-state index is 4.87. The fourth-order valence-electron chi connectivity index (χ4n) is 3.19. The molecular formula is C20H31N3. The van der Waals surface area contributed by atoms with Crippen LogP contribution in [-0.4, -0.2) is 22.6 Å². The number of aromatic nitrogens is 2. The van der Waals surface area contributed by atoms with Gasteiger partial charge in [-0.1, -0.05) is 51.2 Å². The lowest BCUT2D eigenvalue weighted by atomic mass is 10.1. The normalized spacial score (nSPS) is 18.1. The highest BCUT2D eigenvalue weighted by atomic mass is 15.1. The second-order valence-corrected chi connectivity index (χ2v) is 5.88. The van der Waals surface area contributed by atoms with E-state index < -0.39 is 0 Å². The largest absolute Gasteiger partial charge is 0.331 e. The molecular weight excluding hydrogens is 282 g/mol. The Kier molecular flexibility index (Phi) is 7.34. The number of piperidine rings is 1. The molecule has 1 fully saturated rings. The van der Waals surface area contributed by atoms with Gasteiger partial charge in [0, 0.05) is 25.1 Å². The molecule has 0 spiro atoms. The number of imidazole rings is 1. The third-order valence-corrected chi connectivity index (χ3v) is 4.31. The van der Waals surface area contributed by atoms with Gasteiger partial charge in [0.1, 0.15) is 5.82 Å². The highest BCUT2D eigenvalue weighted by molar-refractivity contribution is 5.31. The first-order valence-electron chi connectivity index (χ1n) is 9.16. The molecule has 126 valence electrons. The second-order valence-electron chi connectivity index (χ2n) is 5.88. The lowest BCUT2D eigenvalue weighted by Gasteiger charge is -2.25. The van der Waals surface area contributed by atoms with Gasteiger partial charge in [-0.2, -0.15) is 0 Å². The molecule has 1 aromatic rings. The summed E-state index contributed by atoms with van der Waals surface area (Å²) < 4.78 is 2.44. The van der Waals surface area contributed by atoms with E-state index in [4.69, 9.17) is 4.98 Å². The topological polar surface area (TPSA) is 29.9 Å². The van der Waals surface area contributed by atoms with E-state index >= 15 is 0 Å². The van der Waals surface area contributed by atoms with Crippen molar-refractivity contribution in [3.63, 3.8) is 0 Å². The highest BCUT2D eigenvalue weighted by Gasteiger charge is 2.18. The van der Waals surface area contributed by atoms with Crippen LogP contribution in [0, 0.1) is 0 Å². The minimum atomic E-state index is 0.626. The lowest BCUT2D eigenvalue weighted by molar-refractivity contribution is 0.360. The van der Waals surface area contributed by atoms with Crippen LogP contribution in [0.2, 0.25) is 0 Å². The van der Waals surface area contributed by atoms with Crippen molar-refractivity contribution in [2.75, 3.05) is 13.1 Å². The van der Waals surface area contributed by atoms with Crippen molar-refractivity contribution < 1.29 is 0 Å². The number of allylic oxidation sites excluding steroid dienone is 6. The van der Waals surface area contributed by atoms with E-state index in [1.165, 1.54) is 29.9 Å². The molecule has 0 saturated carbocycles. The van der Waals surface area contributed by atoms with Crippen LogP contribution in [-0.2, 0) is 12.8 Å². The molecule has 1 N–H and O–H groups in total. The van der Waals surface area contributed by atoms with Crippen LogP contribution in [0.15, 0.2) is 42.2 Å². The van der Waals surface area contributed by atoms with Crippen LogP contribution < -0.4 is 5.32 Å². The molecule has 1 aromatic heterocycles. The minimum absolute atomic E-state index is 0.626. The Bertz CT molecular complexity index is 557. The van der Waals surface area contributed by atoms with Crippen LogP contribution in [0.4, 0.5) is 0 Å². The van der Waals surface area contributed by atoms with Crippen molar-refractivity contribution in [2.45, 2.75) is 58.9 Å². The van der Waals surface area contributed by atoms with Gasteiger partial charge in [-0.25, -0.2) is 4.98 Å². The van der Waals surface area contributed by atoms with E-state index in [0.29, 0.717) is 6.04 Å². The molecule has 0 bridgehead atoms. The lowest BCUT2D eigenvalue weighted by Crippen LogP contribution is -2.29. The van der Waals surface area contributed by atoms with Gasteiger partial charge < -0.3 is 9.88 Å². The van der Waals surface area contributed by atoms with Crippen molar-refractivity contribution in [2.24, 2.45) is 0 Å². The van der Waals surface area contributed by atoms with Gasteiger partial charge in [0.05, 0.1) is 5.69 Å². The molecule has 3 rings (SSSR count). The molecule has 1 aliphatic carbocycles. The van der Waals surface area contributed by atoms with E-state index in [2.05, 4.69) is 53.4 Å². The summed E-state index contributed by atoms with van der Waals surface area (Å²) in [5.74, 6) is 1.24. The summed E-state index contributed by atoms with van der Waals surface area (Å²) in [5.41, 5.74) is 2.55. The van der Waals surface area contributed by atoms with Gasteiger partial charge in [-0.15, -0.1) is 0 Å². The van der Waals surface area contributed by atoms with Gasteiger partial charge in [-0.05, 0) is 37.9 Å². The van der Waals surface area contributed by atoms with E-state index in [-0.39, 0.29) is 0 Å². The molecule has 0 unspecified atom stereocenters. The zero-order valence-electron chi connectivity index (χ0n) is 14.9. The number of nitrogens with zero attached hydrogens (tertiary/aromatic N) is 2. The van der Waals surface area contributed by atoms with E-state index in [0.717, 1.165) is 32.4 Å². The Balaban J connectivity index is 0.000000924. The van der Waals surface area contributed by atoms with Crippen molar-refractivity contribution in [1.82, 2.24) is 14.9 Å². The molecule has 3 heteroatoms. The van der Waals surface area contributed by atoms with Crippen LogP contribution in [0.25, 0.3) is 0 Å². The van der Waals surface area contributed by atoms with Crippen molar-refractivity contribution in [3.8, 4) is 0 Å². The summed E-state index contributed by atoms with van der Waals surface area (Å²) >= 11 is 0. The maximum absolute atomic E-state index is 4.87. The summed E-state index contributed by atoms with van der Waals surface area (Å²) in [6.45, 7) is 8.46. The molecule has 1 aliphatic heterocycles. The monoisotopic (exact) mass is 313 g/mol. The molecule has 3 nitrogen and oxygen atoms in total. The molecule has 0 radical (unpaired) electrons. The van der Waals surface area contributed by atoms with E-state index in [1.807, 2.05) is 13.8 Å². The smallest absolute Gasteiger partial charge is 0.108 e. The fourth-order valence-corrected chi connectivity index (χ4v) is 3.19. The Morgan fingerprint density at radius 2 is 2.00 bits per heavy atom. The van der Waals surface area contributed by atoms with Gasteiger partial charge >= 0.3 is 0 Å². The summed E-state index contributed by atoms with van der Waals surface area (Å²) in [6, 6.07) is 0.626. The number of hydrogen-bond donors (Lipinski definition) is 1. The van der Waals surface area contributed by atoms with Crippen molar-refractivity contribution in [3.05, 3.63) is 53.7 Å². The third-order valence-electron chi connectivity index (χ3n) is 4.31. The molecule has 1 saturated heterocycles. The van der Waals surface area contributed by atoms with E-state index in [9.17, 15) is 0 Å². The predicted octanol–water partition coefficient (Wildman–Crippen LogP) is 4.38. The first kappa shape index (κ1) is 17.7. The summed E-state index contributed by atoms with van der Waals surface area (Å²) in [7, 11) is 0. The van der Waals surface area contributed by atoms with Gasteiger partial charge in [-0.3, -0.25) is 0 Å². The number of rotatable bonds is 4. The van der Waals surface area contributed by atoms with Crippen LogP contribution >= 0.6 is 0 Å². The molecule has 0 amide bonds. The van der Waals surface area contributed by atoms with Crippen LogP contribution in [0.1, 0.15) is 57.6 Å². The summed E-state index contributed by atoms with van der Waals surface area (Å²) in [4.78, 5) is 4.87. The SMILES string of the molecule is CC.CCc1nc(CC2=CC=CCC=C2)cn1C1CCNCC1. The van der Waals surface area contributed by atoms with Crippen LogP contribution in [0.3, 0.4) is 0 Å². The highest BCUT2D eigenvalue weighted by Crippen LogP contribution is 2.23. The quantitative estimate of drug-likeness (QED) is 0.894. The Morgan fingerprint density at radius 1 is 1.22 bits per heavy atom. The number of aryl methyl sites for hydroxylation is 1. The van der Waals surface area contributed by atoms with Crippen molar-refractivity contribution >= 4 is 0 Å². The van der Waals surface area contributed by atoms with Gasteiger partial charge in [0.25, 0.3) is 0 Å². The average Bonchev–Trinajstić information content (AvgIpc) is 2.85. The Labute approximate surface area is 141 Å². The predicted molar refractivity (Wildman–Crippen MR) is 98.8 cm³/mol. The summed E-state index contributed by atoms with van der Waals surface area (Å²) in [6.07, 6.45) is 18.7. The molecule has 0 atom stereocenters. The summed E-state index contributed by atoms with van der Waals surface area (Å²) in [5, 5.41) is 3.44. The van der Waals surface area contributed by atoms with Crippen molar-refractivity contribution in [1.29, 1.82) is 0 Å². The van der Waals surface area contributed by atoms with E-state index in [1.54, 1.807) is 0 Å². The standard InChI is InChI=1S/C18H25N3.C2H6/c1-2-18-20-16(13-15-7-5-3-4-6-8-15)14-21(18)17-9-11-19-12-10-17;1-2/h3,5-8,14,17,19H,2,4,9-13H2,1H3;1-2H3. The first-order valence-corrected chi connectivity index (χ1v) is 9.16. The zero-order chi connectivity index (χ0) is 16.5. The third kappa shape index (κ3) is 4.93. The first-order chi connectivity index (χ1) is 11.4. The Morgan fingerprint density at radius 3 is 2.74 bits per heavy atom. The Hall–Kier alpha value is -1.61. The zero-order valence-corrected chi connectivity index (χ0v) is 14.9. The average molecular weight is 313 g/mol.